The highest BCUT2D eigenvalue weighted by Crippen LogP contribution is 2.28. The molecule has 42 heavy (non-hydrogen) atoms. The van der Waals surface area contributed by atoms with Crippen LogP contribution in [0.15, 0.2) is 72.1 Å². The van der Waals surface area contributed by atoms with Crippen LogP contribution in [-0.4, -0.2) is 68.2 Å². The smallest absolute Gasteiger partial charge is 0.273 e. The molecule has 8 nitrogen and oxygen atoms in total. The molecule has 0 aliphatic carbocycles. The maximum Gasteiger partial charge on any atom is 0.273 e. The number of hydrogen-bond acceptors (Lipinski definition) is 8. The highest BCUT2D eigenvalue weighted by Gasteiger charge is 2.24. The van der Waals surface area contributed by atoms with E-state index < -0.39 is 0 Å². The largest absolute Gasteiger partial charge is 0.497 e. The van der Waals surface area contributed by atoms with Gasteiger partial charge in [-0.3, -0.25) is 9.69 Å². The summed E-state index contributed by atoms with van der Waals surface area (Å²) in [5, 5.41) is 2.68. The Morgan fingerprint density at radius 1 is 0.857 bits per heavy atom. The van der Waals surface area contributed by atoms with E-state index in [-0.39, 0.29) is 11.7 Å². The minimum Gasteiger partial charge on any atom is -0.497 e. The van der Waals surface area contributed by atoms with Crippen molar-refractivity contribution >= 4 is 22.9 Å². The van der Waals surface area contributed by atoms with Crippen molar-refractivity contribution in [2.75, 3.05) is 52.4 Å². The van der Waals surface area contributed by atoms with Crippen LogP contribution in [0.25, 0.3) is 0 Å². The second kappa shape index (κ2) is 13.7. The molecular formula is C32H35FN4O4S. The van der Waals surface area contributed by atoms with Crippen molar-refractivity contribution in [1.82, 2.24) is 14.8 Å². The van der Waals surface area contributed by atoms with E-state index in [9.17, 15) is 9.18 Å². The van der Waals surface area contributed by atoms with Crippen LogP contribution in [0.4, 0.5) is 10.1 Å². The first-order valence-electron chi connectivity index (χ1n) is 13.8. The van der Waals surface area contributed by atoms with Gasteiger partial charge in [-0.15, -0.1) is 11.3 Å². The van der Waals surface area contributed by atoms with Gasteiger partial charge in [0.2, 0.25) is 0 Å². The number of halogens is 1. The second-order valence-corrected chi connectivity index (χ2v) is 11.0. The first kappa shape index (κ1) is 29.3. The number of anilines is 1. The summed E-state index contributed by atoms with van der Waals surface area (Å²) in [4.78, 5) is 24.4. The van der Waals surface area contributed by atoms with E-state index in [2.05, 4.69) is 9.80 Å². The Bertz CT molecular complexity index is 1470. The number of amides is 1. The van der Waals surface area contributed by atoms with E-state index in [0.29, 0.717) is 44.2 Å². The lowest BCUT2D eigenvalue weighted by Gasteiger charge is -2.35. The molecule has 1 fully saturated rings. The number of ether oxygens (including phenoxy) is 3. The average Bonchev–Trinajstić information content (AvgIpc) is 3.50. The number of carbonyl (C=O) groups is 1. The summed E-state index contributed by atoms with van der Waals surface area (Å²) in [6.07, 6.45) is 0. The number of thiazole rings is 1. The van der Waals surface area contributed by atoms with Gasteiger partial charge in [0, 0.05) is 62.0 Å². The quantitative estimate of drug-likeness (QED) is 0.229. The Hall–Kier alpha value is -4.15. The molecule has 0 N–H and O–H groups in total. The normalized spacial score (nSPS) is 13.4. The highest BCUT2D eigenvalue weighted by atomic mass is 32.1. The predicted octanol–water partition coefficient (Wildman–Crippen LogP) is 5.47. The van der Waals surface area contributed by atoms with E-state index in [4.69, 9.17) is 19.2 Å². The number of carbonyl (C=O) groups excluding carboxylic acids is 1. The van der Waals surface area contributed by atoms with Gasteiger partial charge < -0.3 is 24.0 Å². The average molecular weight is 591 g/mol. The Morgan fingerprint density at radius 3 is 2.21 bits per heavy atom. The molecule has 0 spiro atoms. The fourth-order valence-corrected chi connectivity index (χ4v) is 5.84. The molecule has 1 aromatic heterocycles. The lowest BCUT2D eigenvalue weighted by molar-refractivity contribution is 0.0741. The molecule has 1 amide bonds. The van der Waals surface area contributed by atoms with E-state index in [1.165, 1.54) is 23.5 Å². The molecule has 1 saturated heterocycles. The fourth-order valence-electron chi connectivity index (χ4n) is 5.03. The molecule has 220 valence electrons. The number of rotatable bonds is 11. The van der Waals surface area contributed by atoms with E-state index >= 15 is 0 Å². The van der Waals surface area contributed by atoms with Gasteiger partial charge >= 0.3 is 0 Å². The van der Waals surface area contributed by atoms with Crippen molar-refractivity contribution in [3.63, 3.8) is 0 Å². The zero-order valence-electron chi connectivity index (χ0n) is 24.1. The summed E-state index contributed by atoms with van der Waals surface area (Å²) in [5.74, 6) is 1.95. The lowest BCUT2D eigenvalue weighted by Crippen LogP contribution is -2.48. The molecule has 1 aliphatic heterocycles. The summed E-state index contributed by atoms with van der Waals surface area (Å²) in [6.45, 7) is 4.44. The van der Waals surface area contributed by atoms with Crippen molar-refractivity contribution in [3.8, 4) is 17.2 Å². The minimum atomic E-state index is -0.268. The Morgan fingerprint density at radius 2 is 1.55 bits per heavy atom. The van der Waals surface area contributed by atoms with Crippen LogP contribution >= 0.6 is 11.3 Å². The van der Waals surface area contributed by atoms with Crippen LogP contribution < -0.4 is 19.1 Å². The van der Waals surface area contributed by atoms with Crippen LogP contribution in [0, 0.1) is 5.82 Å². The summed E-state index contributed by atoms with van der Waals surface area (Å²) in [6, 6.07) is 20.3. The van der Waals surface area contributed by atoms with E-state index in [0.717, 1.165) is 46.4 Å². The van der Waals surface area contributed by atoms with Crippen LogP contribution in [0.1, 0.15) is 26.6 Å². The second-order valence-electron chi connectivity index (χ2n) is 10.1. The molecule has 5 rings (SSSR count). The third-order valence-corrected chi connectivity index (χ3v) is 8.18. The molecule has 0 saturated carbocycles. The van der Waals surface area contributed by atoms with Crippen LogP contribution in [0.3, 0.4) is 0 Å². The zero-order chi connectivity index (χ0) is 29.5. The number of methoxy groups -OCH3 is 3. The van der Waals surface area contributed by atoms with Gasteiger partial charge in [0.15, 0.2) is 0 Å². The number of hydrogen-bond donors (Lipinski definition) is 0. The molecule has 0 radical (unpaired) electrons. The predicted molar refractivity (Wildman–Crippen MR) is 162 cm³/mol. The molecule has 2 heterocycles. The molecule has 0 atom stereocenters. The molecule has 3 aromatic carbocycles. The third-order valence-electron chi connectivity index (χ3n) is 7.34. The maximum absolute atomic E-state index is 13.6. The number of piperazine rings is 1. The first-order valence-corrected chi connectivity index (χ1v) is 14.6. The highest BCUT2D eigenvalue weighted by molar-refractivity contribution is 7.09. The Balaban J connectivity index is 1.26. The zero-order valence-corrected chi connectivity index (χ0v) is 24.9. The number of aromatic nitrogens is 1. The van der Waals surface area contributed by atoms with Crippen molar-refractivity contribution in [2.24, 2.45) is 0 Å². The van der Waals surface area contributed by atoms with Gasteiger partial charge in [-0.05, 0) is 48.0 Å². The van der Waals surface area contributed by atoms with Crippen molar-refractivity contribution in [2.45, 2.75) is 19.6 Å². The molecular weight excluding hydrogens is 555 g/mol. The van der Waals surface area contributed by atoms with Crippen molar-refractivity contribution < 1.29 is 23.4 Å². The number of benzene rings is 3. The minimum absolute atomic E-state index is 0.0474. The van der Waals surface area contributed by atoms with Crippen molar-refractivity contribution in [1.29, 1.82) is 0 Å². The summed E-state index contributed by atoms with van der Waals surface area (Å²) >= 11 is 1.48. The van der Waals surface area contributed by atoms with Gasteiger partial charge in [0.1, 0.15) is 33.8 Å². The fraction of sp³-hybridized carbons (Fsp3) is 0.312. The van der Waals surface area contributed by atoms with E-state index in [1.807, 2.05) is 52.7 Å². The van der Waals surface area contributed by atoms with Gasteiger partial charge in [-0.1, -0.05) is 18.2 Å². The van der Waals surface area contributed by atoms with Crippen LogP contribution in [0.2, 0.25) is 0 Å². The maximum atomic E-state index is 13.6. The Kier molecular flexibility index (Phi) is 9.55. The topological polar surface area (TPSA) is 67.4 Å². The monoisotopic (exact) mass is 590 g/mol. The molecule has 0 bridgehead atoms. The van der Waals surface area contributed by atoms with Gasteiger partial charge in [-0.25, -0.2) is 9.37 Å². The standard InChI is InChI=1S/C32H35FN4O4S/c1-39-27-12-9-26(10-13-27)36-14-16-37(17-15-36)32(38)29-22-42-31(34-29)21-35(19-23-4-7-25(33)8-5-23)20-24-6-11-28(40-2)18-30(24)41-3/h4-13,18,22H,14-17,19-21H2,1-3H3. The molecule has 10 heteroatoms. The summed E-state index contributed by atoms with van der Waals surface area (Å²) in [7, 11) is 4.92. The summed E-state index contributed by atoms with van der Waals surface area (Å²) < 4.78 is 29.8. The lowest BCUT2D eigenvalue weighted by atomic mass is 10.1. The molecule has 4 aromatic rings. The molecule has 1 aliphatic rings. The van der Waals surface area contributed by atoms with Crippen LogP contribution in [-0.2, 0) is 19.6 Å². The van der Waals surface area contributed by atoms with Gasteiger partial charge in [0.25, 0.3) is 5.91 Å². The molecule has 0 unspecified atom stereocenters. The first-order chi connectivity index (χ1) is 20.4. The van der Waals surface area contributed by atoms with Gasteiger partial charge in [0.05, 0.1) is 27.9 Å². The van der Waals surface area contributed by atoms with Crippen molar-refractivity contribution in [3.05, 3.63) is 99.8 Å². The van der Waals surface area contributed by atoms with Gasteiger partial charge in [-0.2, -0.15) is 0 Å². The Labute approximate surface area is 249 Å². The van der Waals surface area contributed by atoms with E-state index in [1.54, 1.807) is 33.5 Å². The van der Waals surface area contributed by atoms with Crippen LogP contribution in [0.5, 0.6) is 17.2 Å². The SMILES string of the molecule is COc1ccc(N2CCN(C(=O)c3csc(CN(Cc4ccc(F)cc4)Cc4ccc(OC)cc4OC)n3)CC2)cc1. The third kappa shape index (κ3) is 7.18. The summed E-state index contributed by atoms with van der Waals surface area (Å²) in [5.41, 5.74) is 3.56. The number of nitrogens with zero attached hydrogens (tertiary/aromatic N) is 4.